The van der Waals surface area contributed by atoms with Gasteiger partial charge >= 0.3 is 0 Å². The van der Waals surface area contributed by atoms with Crippen molar-refractivity contribution in [1.82, 2.24) is 0 Å². The molecule has 5 heteroatoms. The van der Waals surface area contributed by atoms with Crippen molar-refractivity contribution in [3.8, 4) is 17.2 Å². The number of rotatable bonds is 2. The minimum atomic E-state index is -0.0876. The summed E-state index contributed by atoms with van der Waals surface area (Å²) in [7, 11) is 0. The van der Waals surface area contributed by atoms with Crippen molar-refractivity contribution in [3.63, 3.8) is 0 Å². The zero-order valence-electron chi connectivity index (χ0n) is 11.0. The van der Waals surface area contributed by atoms with Gasteiger partial charge in [-0.1, -0.05) is 30.3 Å². The molecule has 3 aromatic rings. The Morgan fingerprint density at radius 1 is 0.762 bits per heavy atom. The lowest BCUT2D eigenvalue weighted by Gasteiger charge is -2.14. The van der Waals surface area contributed by atoms with E-state index in [-0.39, 0.29) is 28.6 Å². The number of phenolic OH excluding ortho intramolecular Hbond substituents is 3. The van der Waals surface area contributed by atoms with Crippen LogP contribution in [0.25, 0.3) is 10.8 Å². The first-order chi connectivity index (χ1) is 10.1. The largest absolute Gasteiger partial charge is 0.506 e. The first-order valence-corrected chi connectivity index (χ1v) is 6.36. The van der Waals surface area contributed by atoms with Crippen LogP contribution in [-0.4, -0.2) is 15.3 Å². The van der Waals surface area contributed by atoms with Gasteiger partial charge in [0.25, 0.3) is 0 Å². The van der Waals surface area contributed by atoms with E-state index in [4.69, 9.17) is 5.73 Å². The summed E-state index contributed by atoms with van der Waals surface area (Å²) in [6, 6.07) is 13.2. The zero-order valence-corrected chi connectivity index (χ0v) is 11.0. The van der Waals surface area contributed by atoms with Gasteiger partial charge in [0.1, 0.15) is 22.9 Å². The van der Waals surface area contributed by atoms with Crippen LogP contribution in [0.2, 0.25) is 0 Å². The van der Waals surface area contributed by atoms with Crippen molar-refractivity contribution in [2.24, 2.45) is 0 Å². The van der Waals surface area contributed by atoms with Crippen LogP contribution < -0.4 is 11.1 Å². The molecule has 0 saturated carbocycles. The molecular formula is C16H14N2O3. The van der Waals surface area contributed by atoms with Gasteiger partial charge < -0.3 is 26.4 Å². The van der Waals surface area contributed by atoms with Crippen molar-refractivity contribution in [1.29, 1.82) is 0 Å². The lowest BCUT2D eigenvalue weighted by Crippen LogP contribution is -1.95. The number of benzene rings is 3. The quantitative estimate of drug-likeness (QED) is 0.367. The van der Waals surface area contributed by atoms with Gasteiger partial charge in [0.2, 0.25) is 0 Å². The van der Waals surface area contributed by atoms with E-state index in [1.165, 1.54) is 24.3 Å². The molecular weight excluding hydrogens is 268 g/mol. The minimum Gasteiger partial charge on any atom is -0.506 e. The van der Waals surface area contributed by atoms with E-state index >= 15 is 0 Å². The van der Waals surface area contributed by atoms with E-state index in [9.17, 15) is 15.3 Å². The topological polar surface area (TPSA) is 98.7 Å². The van der Waals surface area contributed by atoms with Gasteiger partial charge in [-0.2, -0.15) is 0 Å². The fourth-order valence-corrected chi connectivity index (χ4v) is 2.28. The Bertz CT molecular complexity index is 811. The second kappa shape index (κ2) is 4.79. The summed E-state index contributed by atoms with van der Waals surface area (Å²) in [5.74, 6) is -0.239. The maximum atomic E-state index is 9.92. The van der Waals surface area contributed by atoms with Gasteiger partial charge in [-0.05, 0) is 12.1 Å². The number of nitrogens with one attached hydrogen (secondary N) is 1. The predicted molar refractivity (Wildman–Crippen MR) is 83.1 cm³/mol. The summed E-state index contributed by atoms with van der Waals surface area (Å²) in [5, 5.41) is 34.0. The third-order valence-electron chi connectivity index (χ3n) is 3.34. The Kier molecular flexibility index (Phi) is 2.95. The number of nitrogens with two attached hydrogens (primary N) is 1. The van der Waals surface area contributed by atoms with Crippen LogP contribution in [-0.2, 0) is 0 Å². The highest BCUT2D eigenvalue weighted by atomic mass is 16.3. The number of aromatic hydroxyl groups is 3. The number of para-hydroxylation sites is 1. The van der Waals surface area contributed by atoms with Gasteiger partial charge in [0.15, 0.2) is 0 Å². The Hall–Kier alpha value is -3.08. The number of anilines is 3. The monoisotopic (exact) mass is 282 g/mol. The molecule has 0 fully saturated rings. The van der Waals surface area contributed by atoms with Gasteiger partial charge in [-0.15, -0.1) is 0 Å². The summed E-state index contributed by atoms with van der Waals surface area (Å²) < 4.78 is 0. The molecule has 106 valence electrons. The Morgan fingerprint density at radius 3 is 2.05 bits per heavy atom. The van der Waals surface area contributed by atoms with Crippen LogP contribution in [0, 0.1) is 0 Å². The maximum absolute atomic E-state index is 9.92. The van der Waals surface area contributed by atoms with Crippen molar-refractivity contribution >= 4 is 27.8 Å². The molecule has 0 aliphatic rings. The molecule has 0 heterocycles. The van der Waals surface area contributed by atoms with E-state index in [0.717, 1.165) is 5.39 Å². The molecule has 0 atom stereocenters. The molecule has 21 heavy (non-hydrogen) atoms. The van der Waals surface area contributed by atoms with Gasteiger partial charge in [0, 0.05) is 16.8 Å². The molecule has 3 aromatic carbocycles. The molecule has 0 unspecified atom stereocenters. The van der Waals surface area contributed by atoms with Crippen molar-refractivity contribution in [3.05, 3.63) is 48.5 Å². The highest BCUT2D eigenvalue weighted by Gasteiger charge is 2.12. The third-order valence-corrected chi connectivity index (χ3v) is 3.34. The summed E-state index contributed by atoms with van der Waals surface area (Å²) in [5.41, 5.74) is 6.86. The van der Waals surface area contributed by atoms with E-state index in [0.29, 0.717) is 11.1 Å². The summed E-state index contributed by atoms with van der Waals surface area (Å²) in [4.78, 5) is 0. The van der Waals surface area contributed by atoms with Crippen LogP contribution in [0.15, 0.2) is 48.5 Å². The van der Waals surface area contributed by atoms with Crippen molar-refractivity contribution in [2.45, 2.75) is 0 Å². The fourth-order valence-electron chi connectivity index (χ4n) is 2.28. The zero-order chi connectivity index (χ0) is 15.0. The summed E-state index contributed by atoms with van der Waals surface area (Å²) >= 11 is 0. The van der Waals surface area contributed by atoms with Gasteiger partial charge in [-0.25, -0.2) is 0 Å². The molecule has 0 aromatic heterocycles. The fraction of sp³-hybridized carbons (Fsp3) is 0. The molecule has 6 N–H and O–H groups in total. The number of phenols is 3. The highest BCUT2D eigenvalue weighted by molar-refractivity contribution is 6.04. The minimum absolute atomic E-state index is 0.0638. The highest BCUT2D eigenvalue weighted by Crippen LogP contribution is 2.40. The Morgan fingerprint density at radius 2 is 1.38 bits per heavy atom. The molecule has 0 spiro atoms. The lowest BCUT2D eigenvalue weighted by molar-refractivity contribution is 0.455. The number of hydrogen-bond acceptors (Lipinski definition) is 5. The van der Waals surface area contributed by atoms with Crippen molar-refractivity contribution < 1.29 is 15.3 Å². The predicted octanol–water partition coefficient (Wildman–Crippen LogP) is 3.28. The average molecular weight is 282 g/mol. The molecule has 0 amide bonds. The number of nitrogen functional groups attached to an aromatic ring is 1. The van der Waals surface area contributed by atoms with E-state index in [1.54, 1.807) is 6.07 Å². The molecule has 5 nitrogen and oxygen atoms in total. The van der Waals surface area contributed by atoms with Gasteiger partial charge in [0.05, 0.1) is 11.4 Å². The first-order valence-electron chi connectivity index (χ1n) is 6.36. The molecule has 0 aliphatic carbocycles. The normalized spacial score (nSPS) is 10.7. The molecule has 0 saturated heterocycles. The SMILES string of the molecule is Nc1c(O)cc(Nc2c(O)cccc2O)c2ccccc12. The number of hydrogen-bond donors (Lipinski definition) is 5. The Balaban J connectivity index is 2.20. The summed E-state index contributed by atoms with van der Waals surface area (Å²) in [6.07, 6.45) is 0. The third kappa shape index (κ3) is 2.14. The van der Waals surface area contributed by atoms with Crippen molar-refractivity contribution in [2.75, 3.05) is 11.1 Å². The summed E-state index contributed by atoms with van der Waals surface area (Å²) in [6.45, 7) is 0. The van der Waals surface area contributed by atoms with Crippen LogP contribution in [0.3, 0.4) is 0 Å². The average Bonchev–Trinajstić information content (AvgIpc) is 2.48. The van der Waals surface area contributed by atoms with E-state index in [1.807, 2.05) is 18.2 Å². The van der Waals surface area contributed by atoms with Crippen LogP contribution >= 0.6 is 0 Å². The molecule has 3 rings (SSSR count). The molecule has 0 bridgehead atoms. The molecule has 0 aliphatic heterocycles. The lowest BCUT2D eigenvalue weighted by atomic mass is 10.1. The van der Waals surface area contributed by atoms with E-state index < -0.39 is 0 Å². The molecule has 0 radical (unpaired) electrons. The second-order valence-corrected chi connectivity index (χ2v) is 4.70. The van der Waals surface area contributed by atoms with Crippen LogP contribution in [0.1, 0.15) is 0 Å². The maximum Gasteiger partial charge on any atom is 0.142 e. The second-order valence-electron chi connectivity index (χ2n) is 4.70. The smallest absolute Gasteiger partial charge is 0.142 e. The van der Waals surface area contributed by atoms with Crippen LogP contribution in [0.5, 0.6) is 17.2 Å². The van der Waals surface area contributed by atoms with Crippen LogP contribution in [0.4, 0.5) is 17.1 Å². The number of fused-ring (bicyclic) bond motifs is 1. The van der Waals surface area contributed by atoms with E-state index in [2.05, 4.69) is 5.32 Å². The first kappa shape index (κ1) is 12.9. The van der Waals surface area contributed by atoms with Gasteiger partial charge in [-0.3, -0.25) is 0 Å². The standard InChI is InChI=1S/C16H14N2O3/c17-15-10-5-2-1-4-9(10)11(8-14(15)21)18-16-12(19)6-3-7-13(16)20/h1-8,18-21H,17H2. The Labute approximate surface area is 120 Å².